The van der Waals surface area contributed by atoms with Crippen molar-refractivity contribution in [3.8, 4) is 0 Å². The molecule has 0 saturated carbocycles. The number of benzene rings is 1. The van der Waals surface area contributed by atoms with E-state index < -0.39 is 0 Å². The van der Waals surface area contributed by atoms with Crippen LogP contribution < -0.4 is 15.1 Å². The molecule has 27 heavy (non-hydrogen) atoms. The normalized spacial score (nSPS) is 14.2. The first-order valence-corrected chi connectivity index (χ1v) is 8.97. The molecule has 0 unspecified atom stereocenters. The maximum absolute atomic E-state index is 12.2. The van der Waals surface area contributed by atoms with Crippen molar-refractivity contribution < 1.29 is 9.21 Å². The molecule has 0 spiro atoms. The van der Waals surface area contributed by atoms with Crippen LogP contribution in [0.4, 0.5) is 11.5 Å². The van der Waals surface area contributed by atoms with Crippen LogP contribution in [0.15, 0.2) is 65.5 Å². The molecule has 0 radical (unpaired) electrons. The summed E-state index contributed by atoms with van der Waals surface area (Å²) < 4.78 is 5.20. The van der Waals surface area contributed by atoms with Gasteiger partial charge in [0.2, 0.25) is 0 Å². The predicted molar refractivity (Wildman–Crippen MR) is 103 cm³/mol. The molecule has 2 aromatic heterocycles. The van der Waals surface area contributed by atoms with Gasteiger partial charge in [0.1, 0.15) is 17.3 Å². The highest BCUT2D eigenvalue weighted by molar-refractivity contribution is 5.91. The van der Waals surface area contributed by atoms with Gasteiger partial charge in [-0.05, 0) is 24.3 Å². The average Bonchev–Trinajstić information content (AvgIpc) is 3.27. The molecule has 7 heteroatoms. The number of aromatic nitrogens is 2. The lowest BCUT2D eigenvalue weighted by Crippen LogP contribution is -2.46. The van der Waals surface area contributed by atoms with E-state index in [1.165, 1.54) is 11.9 Å². The highest BCUT2D eigenvalue weighted by Crippen LogP contribution is 2.18. The average molecular weight is 363 g/mol. The molecular weight excluding hydrogens is 342 g/mol. The second-order valence-electron chi connectivity index (χ2n) is 6.33. The van der Waals surface area contributed by atoms with Gasteiger partial charge < -0.3 is 19.5 Å². The van der Waals surface area contributed by atoms with Gasteiger partial charge >= 0.3 is 0 Å². The first-order valence-electron chi connectivity index (χ1n) is 8.97. The van der Waals surface area contributed by atoms with Crippen LogP contribution in [0.3, 0.4) is 0 Å². The third-order valence-corrected chi connectivity index (χ3v) is 4.60. The van der Waals surface area contributed by atoms with E-state index in [4.69, 9.17) is 4.42 Å². The minimum atomic E-state index is -0.264. The van der Waals surface area contributed by atoms with E-state index in [-0.39, 0.29) is 5.91 Å². The molecule has 1 aliphatic heterocycles. The fourth-order valence-corrected chi connectivity index (χ4v) is 3.11. The molecule has 1 amide bonds. The van der Waals surface area contributed by atoms with Crippen molar-refractivity contribution in [2.24, 2.45) is 0 Å². The molecule has 4 rings (SSSR count). The molecule has 3 aromatic rings. The number of carbonyl (C=O) groups is 1. The number of furan rings is 1. The summed E-state index contributed by atoms with van der Waals surface area (Å²) in [6.07, 6.45) is 4.77. The van der Waals surface area contributed by atoms with Crippen LogP contribution in [0, 0.1) is 0 Å². The maximum Gasteiger partial charge on any atom is 0.271 e. The summed E-state index contributed by atoms with van der Waals surface area (Å²) in [6, 6.07) is 14.0. The van der Waals surface area contributed by atoms with Crippen molar-refractivity contribution >= 4 is 17.4 Å². The van der Waals surface area contributed by atoms with Crippen molar-refractivity contribution in [1.82, 2.24) is 15.3 Å². The SMILES string of the molecule is O=C(NCc1ccco1)c1cnc(N2CCN(c3ccccc3)CC2)cn1. The van der Waals surface area contributed by atoms with Gasteiger partial charge in [0.25, 0.3) is 5.91 Å². The first kappa shape index (κ1) is 17.1. The molecule has 3 heterocycles. The fraction of sp³-hybridized carbons (Fsp3) is 0.250. The summed E-state index contributed by atoms with van der Waals surface area (Å²) in [5.74, 6) is 1.23. The Hall–Kier alpha value is -3.35. The number of para-hydroxylation sites is 1. The maximum atomic E-state index is 12.2. The van der Waals surface area contributed by atoms with Gasteiger partial charge in [-0.15, -0.1) is 0 Å². The number of hydrogen-bond acceptors (Lipinski definition) is 6. The zero-order chi connectivity index (χ0) is 18.5. The summed E-state index contributed by atoms with van der Waals surface area (Å²) >= 11 is 0. The third kappa shape index (κ3) is 4.08. The summed E-state index contributed by atoms with van der Waals surface area (Å²) in [5, 5.41) is 2.77. The Bertz CT molecular complexity index is 857. The smallest absolute Gasteiger partial charge is 0.271 e. The number of nitrogens with one attached hydrogen (secondary N) is 1. The Balaban J connectivity index is 1.32. The molecule has 0 bridgehead atoms. The van der Waals surface area contributed by atoms with Gasteiger partial charge in [-0.25, -0.2) is 9.97 Å². The van der Waals surface area contributed by atoms with Gasteiger partial charge in [-0.3, -0.25) is 4.79 Å². The van der Waals surface area contributed by atoms with Gasteiger partial charge in [0.05, 0.1) is 25.2 Å². The monoisotopic (exact) mass is 363 g/mol. The predicted octanol–water partition coefficient (Wildman–Crippen LogP) is 2.33. The number of rotatable bonds is 5. The van der Waals surface area contributed by atoms with Crippen LogP contribution in [0.2, 0.25) is 0 Å². The molecule has 1 N–H and O–H groups in total. The Morgan fingerprint density at radius 2 is 1.74 bits per heavy atom. The van der Waals surface area contributed by atoms with Crippen LogP contribution in [-0.4, -0.2) is 42.1 Å². The van der Waals surface area contributed by atoms with Crippen LogP contribution >= 0.6 is 0 Å². The van der Waals surface area contributed by atoms with Crippen molar-refractivity contribution in [1.29, 1.82) is 0 Å². The quantitative estimate of drug-likeness (QED) is 0.750. The first-order chi connectivity index (χ1) is 13.3. The minimum absolute atomic E-state index is 0.264. The van der Waals surface area contributed by atoms with E-state index in [1.54, 1.807) is 18.5 Å². The summed E-state index contributed by atoms with van der Waals surface area (Å²) in [7, 11) is 0. The second-order valence-corrected chi connectivity index (χ2v) is 6.33. The molecule has 138 valence electrons. The van der Waals surface area contributed by atoms with Gasteiger partial charge in [0.15, 0.2) is 0 Å². The van der Waals surface area contributed by atoms with E-state index in [9.17, 15) is 4.79 Å². The highest BCUT2D eigenvalue weighted by atomic mass is 16.3. The van der Waals surface area contributed by atoms with Crippen LogP contribution in [-0.2, 0) is 6.54 Å². The van der Waals surface area contributed by atoms with Gasteiger partial charge in [-0.1, -0.05) is 18.2 Å². The molecule has 0 atom stereocenters. The number of anilines is 2. The number of piperazine rings is 1. The lowest BCUT2D eigenvalue weighted by atomic mass is 10.2. The van der Waals surface area contributed by atoms with Crippen molar-refractivity contribution in [3.05, 3.63) is 72.6 Å². The van der Waals surface area contributed by atoms with Crippen LogP contribution in [0.25, 0.3) is 0 Å². The van der Waals surface area contributed by atoms with Crippen molar-refractivity contribution in [2.45, 2.75) is 6.54 Å². The zero-order valence-corrected chi connectivity index (χ0v) is 14.9. The Labute approximate surface area is 157 Å². The Kier molecular flexibility index (Phi) is 5.00. The van der Waals surface area contributed by atoms with Crippen LogP contribution in [0.1, 0.15) is 16.2 Å². The third-order valence-electron chi connectivity index (χ3n) is 4.60. The molecule has 0 aliphatic carbocycles. The number of nitrogens with zero attached hydrogens (tertiary/aromatic N) is 4. The minimum Gasteiger partial charge on any atom is -0.467 e. The summed E-state index contributed by atoms with van der Waals surface area (Å²) in [4.78, 5) is 25.4. The standard InChI is InChI=1S/C20H21N5O2/c26-20(23-13-17-7-4-12-27-17)18-14-22-19(15-21-18)25-10-8-24(9-11-25)16-5-2-1-3-6-16/h1-7,12,14-15H,8-11,13H2,(H,23,26). The van der Waals surface area contributed by atoms with Crippen molar-refractivity contribution in [3.63, 3.8) is 0 Å². The van der Waals surface area contributed by atoms with E-state index >= 15 is 0 Å². The van der Waals surface area contributed by atoms with Crippen LogP contribution in [0.5, 0.6) is 0 Å². The molecule has 7 nitrogen and oxygen atoms in total. The molecular formula is C20H21N5O2. The van der Waals surface area contributed by atoms with E-state index in [2.05, 4.69) is 49.4 Å². The van der Waals surface area contributed by atoms with Gasteiger partial charge in [-0.2, -0.15) is 0 Å². The summed E-state index contributed by atoms with van der Waals surface area (Å²) in [5.41, 5.74) is 1.54. The Morgan fingerprint density at radius 3 is 2.41 bits per heavy atom. The lowest BCUT2D eigenvalue weighted by molar-refractivity contribution is 0.0942. The fourth-order valence-electron chi connectivity index (χ4n) is 3.11. The van der Waals surface area contributed by atoms with Crippen molar-refractivity contribution in [2.75, 3.05) is 36.0 Å². The largest absolute Gasteiger partial charge is 0.467 e. The zero-order valence-electron chi connectivity index (χ0n) is 14.9. The second kappa shape index (κ2) is 7.90. The lowest BCUT2D eigenvalue weighted by Gasteiger charge is -2.36. The molecule has 1 aliphatic rings. The molecule has 1 fully saturated rings. The van der Waals surface area contributed by atoms with E-state index in [0.717, 1.165) is 32.0 Å². The number of amides is 1. The van der Waals surface area contributed by atoms with E-state index in [1.807, 2.05) is 12.1 Å². The molecule has 1 saturated heterocycles. The molecule has 1 aromatic carbocycles. The van der Waals surface area contributed by atoms with Gasteiger partial charge in [0, 0.05) is 31.9 Å². The van der Waals surface area contributed by atoms with E-state index in [0.29, 0.717) is 18.0 Å². The number of hydrogen-bond donors (Lipinski definition) is 1. The topological polar surface area (TPSA) is 74.5 Å². The number of carbonyl (C=O) groups excluding carboxylic acids is 1. The summed E-state index contributed by atoms with van der Waals surface area (Å²) in [6.45, 7) is 3.92. The Morgan fingerprint density at radius 1 is 0.963 bits per heavy atom. The highest BCUT2D eigenvalue weighted by Gasteiger charge is 2.19.